The molecule has 0 heterocycles. The molecule has 1 atom stereocenters. The molecular weight excluding hydrogens is 260 g/mol. The van der Waals surface area contributed by atoms with Gasteiger partial charge < -0.3 is 14.9 Å². The van der Waals surface area contributed by atoms with Gasteiger partial charge in [0.2, 0.25) is 0 Å². The van der Waals surface area contributed by atoms with E-state index in [0.29, 0.717) is 19.1 Å². The molecule has 0 spiro atoms. The largest absolute Gasteiger partial charge is 0.505 e. The molecule has 0 aromatic heterocycles. The third-order valence-corrected chi connectivity index (χ3v) is 2.65. The average Bonchev–Trinajstić information content (AvgIpc) is 2.33. The van der Waals surface area contributed by atoms with Crippen molar-refractivity contribution in [3.8, 4) is 11.5 Å². The lowest BCUT2D eigenvalue weighted by atomic mass is 10.1. The van der Waals surface area contributed by atoms with Gasteiger partial charge in [0, 0.05) is 0 Å². The lowest BCUT2D eigenvalue weighted by molar-refractivity contribution is -0.145. The highest BCUT2D eigenvalue weighted by Crippen LogP contribution is 2.33. The van der Waals surface area contributed by atoms with Gasteiger partial charge in [0.1, 0.15) is 11.5 Å². The summed E-state index contributed by atoms with van der Waals surface area (Å²) in [5, 5.41) is 18.5. The van der Waals surface area contributed by atoms with E-state index in [0.717, 1.165) is 0 Å². The predicted octanol–water partition coefficient (Wildman–Crippen LogP) is 2.49. The number of rotatable bonds is 6. The minimum Gasteiger partial charge on any atom is -0.505 e. The summed E-state index contributed by atoms with van der Waals surface area (Å²) in [6, 6.07) is 2.70. The highest BCUT2D eigenvalue weighted by molar-refractivity contribution is 6.32. The molecule has 1 aromatic carbocycles. The summed E-state index contributed by atoms with van der Waals surface area (Å²) in [5.41, 5.74) is -0.148. The van der Waals surface area contributed by atoms with Crippen molar-refractivity contribution in [2.24, 2.45) is 0 Å². The molecule has 0 fully saturated rings. The highest BCUT2D eigenvalue weighted by atomic mass is 35.5. The zero-order valence-electron chi connectivity index (χ0n) is 9.72. The smallest absolute Gasteiger partial charge is 0.344 e. The molecule has 0 amide bonds. The van der Waals surface area contributed by atoms with E-state index >= 15 is 0 Å². The third-order valence-electron chi connectivity index (χ3n) is 2.34. The van der Waals surface area contributed by atoms with Crippen LogP contribution in [0.5, 0.6) is 11.5 Å². The molecule has 5 nitrogen and oxygen atoms in total. The molecule has 0 radical (unpaired) electrons. The second-order valence-electron chi connectivity index (χ2n) is 3.66. The minimum absolute atomic E-state index is 0.00631. The quantitative estimate of drug-likeness (QED) is 0.777. The van der Waals surface area contributed by atoms with E-state index in [9.17, 15) is 14.7 Å². The lowest BCUT2D eigenvalue weighted by Gasteiger charge is -2.16. The van der Waals surface area contributed by atoms with Gasteiger partial charge in [-0.2, -0.15) is 0 Å². The molecule has 1 aromatic rings. The fourth-order valence-electron chi connectivity index (χ4n) is 1.43. The number of carbonyl (C=O) groups excluding carboxylic acids is 1. The summed E-state index contributed by atoms with van der Waals surface area (Å²) in [6.07, 6.45) is 0.236. The molecule has 6 heteroatoms. The van der Waals surface area contributed by atoms with Crippen LogP contribution in [-0.4, -0.2) is 28.6 Å². The Bertz CT molecular complexity index is 458. The van der Waals surface area contributed by atoms with Gasteiger partial charge in [-0.25, -0.2) is 4.79 Å². The van der Waals surface area contributed by atoms with Crippen molar-refractivity contribution >= 4 is 23.9 Å². The highest BCUT2D eigenvalue weighted by Gasteiger charge is 2.21. The van der Waals surface area contributed by atoms with Gasteiger partial charge in [-0.1, -0.05) is 24.9 Å². The molecule has 0 saturated heterocycles. The Morgan fingerprint density at radius 1 is 1.56 bits per heavy atom. The number of halogens is 1. The maximum Gasteiger partial charge on any atom is 0.344 e. The number of carbonyl (C=O) groups is 2. The summed E-state index contributed by atoms with van der Waals surface area (Å²) < 4.78 is 5.22. The Balaban J connectivity index is 3.06. The van der Waals surface area contributed by atoms with Crippen LogP contribution in [0.3, 0.4) is 0 Å². The molecular formula is C12H13ClO5. The second kappa shape index (κ2) is 6.26. The average molecular weight is 273 g/mol. The zero-order chi connectivity index (χ0) is 13.7. The summed E-state index contributed by atoms with van der Waals surface area (Å²) in [7, 11) is 0. The van der Waals surface area contributed by atoms with Crippen molar-refractivity contribution in [1.82, 2.24) is 0 Å². The molecule has 0 aliphatic heterocycles. The van der Waals surface area contributed by atoms with E-state index in [1.807, 2.05) is 6.92 Å². The van der Waals surface area contributed by atoms with Gasteiger partial charge in [0.15, 0.2) is 12.4 Å². The van der Waals surface area contributed by atoms with Crippen LogP contribution in [0.25, 0.3) is 0 Å². The number of carboxylic acids is 1. The maximum absolute atomic E-state index is 10.9. The fraction of sp³-hybridized carbons (Fsp3) is 0.333. The topological polar surface area (TPSA) is 83.8 Å². The SMILES string of the molecule is CCCC(Oc1ccc(Cl)c(O)c1C=O)C(=O)O. The van der Waals surface area contributed by atoms with Crippen molar-refractivity contribution in [2.75, 3.05) is 0 Å². The molecule has 0 bridgehead atoms. The van der Waals surface area contributed by atoms with Gasteiger partial charge in [-0.3, -0.25) is 4.79 Å². The predicted molar refractivity (Wildman–Crippen MR) is 65.5 cm³/mol. The first-order chi connectivity index (χ1) is 8.51. The molecule has 0 saturated carbocycles. The number of carboxylic acid groups (broad SMARTS) is 1. The molecule has 0 aliphatic rings. The second-order valence-corrected chi connectivity index (χ2v) is 4.07. The zero-order valence-corrected chi connectivity index (χ0v) is 10.5. The summed E-state index contributed by atoms with van der Waals surface area (Å²) >= 11 is 5.64. The summed E-state index contributed by atoms with van der Waals surface area (Å²) in [4.78, 5) is 21.8. The Kier molecular flexibility index (Phi) is 4.97. The van der Waals surface area contributed by atoms with E-state index < -0.39 is 17.8 Å². The monoisotopic (exact) mass is 272 g/mol. The first kappa shape index (κ1) is 14.3. The number of phenolic OH excluding ortho intramolecular Hbond substituents is 1. The molecule has 1 unspecified atom stereocenters. The minimum atomic E-state index is -1.12. The van der Waals surface area contributed by atoms with Crippen molar-refractivity contribution in [2.45, 2.75) is 25.9 Å². The van der Waals surface area contributed by atoms with Crippen LogP contribution < -0.4 is 4.74 Å². The fourth-order valence-corrected chi connectivity index (χ4v) is 1.59. The van der Waals surface area contributed by atoms with Crippen LogP contribution in [0, 0.1) is 0 Å². The third kappa shape index (κ3) is 3.13. The standard InChI is InChI=1S/C12H13ClO5/c1-2-3-10(12(16)17)18-9-5-4-8(13)11(15)7(9)6-14/h4-6,10,15H,2-3H2,1H3,(H,16,17). The molecule has 2 N–H and O–H groups in total. The maximum atomic E-state index is 10.9. The van der Waals surface area contributed by atoms with Crippen LogP contribution in [0.15, 0.2) is 12.1 Å². The molecule has 98 valence electrons. The van der Waals surface area contributed by atoms with Gasteiger partial charge in [0.25, 0.3) is 0 Å². The first-order valence-electron chi connectivity index (χ1n) is 5.37. The van der Waals surface area contributed by atoms with Crippen molar-refractivity contribution in [3.05, 3.63) is 22.7 Å². The van der Waals surface area contributed by atoms with Crippen LogP contribution in [0.1, 0.15) is 30.1 Å². The normalized spacial score (nSPS) is 11.9. The molecule has 1 rings (SSSR count). The Morgan fingerprint density at radius 3 is 2.72 bits per heavy atom. The van der Waals surface area contributed by atoms with Gasteiger partial charge in [0.05, 0.1) is 10.6 Å². The van der Waals surface area contributed by atoms with Crippen LogP contribution in [0.2, 0.25) is 5.02 Å². The van der Waals surface area contributed by atoms with E-state index in [2.05, 4.69) is 0 Å². The van der Waals surface area contributed by atoms with Gasteiger partial charge in [-0.05, 0) is 18.6 Å². The number of aldehydes is 1. The Labute approximate surface area is 109 Å². The lowest BCUT2D eigenvalue weighted by Crippen LogP contribution is -2.27. The van der Waals surface area contributed by atoms with E-state index in [1.54, 1.807) is 0 Å². The van der Waals surface area contributed by atoms with Gasteiger partial charge >= 0.3 is 5.97 Å². The number of hydrogen-bond acceptors (Lipinski definition) is 4. The van der Waals surface area contributed by atoms with Gasteiger partial charge in [-0.15, -0.1) is 0 Å². The number of aliphatic carboxylic acids is 1. The van der Waals surface area contributed by atoms with Crippen molar-refractivity contribution in [3.63, 3.8) is 0 Å². The number of benzene rings is 1. The Morgan fingerprint density at radius 2 is 2.22 bits per heavy atom. The van der Waals surface area contributed by atoms with E-state index in [1.165, 1.54) is 12.1 Å². The number of hydrogen-bond donors (Lipinski definition) is 2. The first-order valence-corrected chi connectivity index (χ1v) is 5.75. The van der Waals surface area contributed by atoms with Crippen LogP contribution >= 0.6 is 11.6 Å². The van der Waals surface area contributed by atoms with Crippen LogP contribution in [0.4, 0.5) is 0 Å². The van der Waals surface area contributed by atoms with Crippen molar-refractivity contribution in [1.29, 1.82) is 0 Å². The number of phenols is 1. The Hall–Kier alpha value is -1.75. The molecule has 18 heavy (non-hydrogen) atoms. The number of aromatic hydroxyl groups is 1. The summed E-state index contributed by atoms with van der Waals surface area (Å²) in [5.74, 6) is -1.53. The van der Waals surface area contributed by atoms with E-state index in [4.69, 9.17) is 21.4 Å². The van der Waals surface area contributed by atoms with Crippen LogP contribution in [-0.2, 0) is 4.79 Å². The van der Waals surface area contributed by atoms with Crippen molar-refractivity contribution < 1.29 is 24.5 Å². The van der Waals surface area contributed by atoms with E-state index in [-0.39, 0.29) is 16.3 Å². The number of ether oxygens (including phenoxy) is 1. The summed E-state index contributed by atoms with van der Waals surface area (Å²) in [6.45, 7) is 1.82. The molecule has 0 aliphatic carbocycles.